The van der Waals surface area contributed by atoms with Gasteiger partial charge in [-0.3, -0.25) is 33.6 Å². The number of methoxy groups -OCH3 is 1. The molecule has 0 saturated carbocycles. The molecule has 2 aliphatic heterocycles. The number of aliphatic hydroxyl groups excluding tert-OH is 3. The minimum atomic E-state index is -1.84. The van der Waals surface area contributed by atoms with Gasteiger partial charge in [0.15, 0.2) is 54.7 Å². The van der Waals surface area contributed by atoms with E-state index in [2.05, 4.69) is 31.9 Å². The predicted octanol–water partition coefficient (Wildman–Crippen LogP) is 4.91. The molecule has 2 amide bonds. The first-order valence-corrected chi connectivity index (χ1v) is 30.3. The number of carboxylic acids is 1. The van der Waals surface area contributed by atoms with Crippen molar-refractivity contribution in [1.29, 1.82) is 0 Å². The molecule has 0 spiro atoms. The number of aryl methyl sites for hydroxylation is 4. The summed E-state index contributed by atoms with van der Waals surface area (Å²) < 4.78 is 45.0. The van der Waals surface area contributed by atoms with Crippen LogP contribution in [0.25, 0.3) is 12.2 Å². The number of carbonyl (C=O) groups is 9. The van der Waals surface area contributed by atoms with Gasteiger partial charge in [-0.05, 0) is 96.5 Å². The SMILES string of the molecule is COC(=O)[C@H]1O[C@@H](OCCN(CC2=Cc3cc(C)cc(C)c3CC2=O)C(=O)Cc2ccccc2Br)[C@H](OC(C)=O)[C@@H](OC(C)=O)[C@@H]1OC(C)=O.Cc1cc(C)c2c(c1)C=C(CN(CCO[C@@H]1O[C@H](C(=O)O)[C@@H](O)[C@H](O)[C@H]1O)C(=O)Cc1ccccc1Br)C(=O)C2. The number of hydrogen-bond donors (Lipinski definition) is 4. The number of esters is 4. The average Bonchev–Trinajstić information content (AvgIpc) is 0.935. The van der Waals surface area contributed by atoms with Crippen molar-refractivity contribution in [3.63, 3.8) is 0 Å². The highest BCUT2D eigenvalue weighted by molar-refractivity contribution is 9.10. The normalized spacial score (nSPS) is 22.6. The number of aliphatic carboxylic acids is 1. The van der Waals surface area contributed by atoms with Crippen LogP contribution in [0.3, 0.4) is 0 Å². The van der Waals surface area contributed by atoms with Crippen LogP contribution in [0.4, 0.5) is 0 Å². The fourth-order valence-corrected chi connectivity index (χ4v) is 11.8. The summed E-state index contributed by atoms with van der Waals surface area (Å²) in [5.74, 6) is -5.74. The minimum absolute atomic E-state index is 0.0106. The number of hydrogen-bond acceptors (Lipinski definition) is 20. The molecule has 8 rings (SSSR count). The van der Waals surface area contributed by atoms with Crippen molar-refractivity contribution < 1.29 is 101 Å². The molecule has 2 fully saturated rings. The second-order valence-corrected chi connectivity index (χ2v) is 23.9. The molecule has 2 saturated heterocycles. The van der Waals surface area contributed by atoms with Gasteiger partial charge in [0.2, 0.25) is 11.8 Å². The Morgan fingerprint density at radius 3 is 1.42 bits per heavy atom. The maximum absolute atomic E-state index is 13.8. The average molecular weight is 1380 g/mol. The van der Waals surface area contributed by atoms with Crippen LogP contribution in [0.2, 0.25) is 0 Å². The van der Waals surface area contributed by atoms with Gasteiger partial charge in [0.1, 0.15) is 18.3 Å². The van der Waals surface area contributed by atoms with Gasteiger partial charge < -0.3 is 68.1 Å². The van der Waals surface area contributed by atoms with E-state index in [1.807, 2.05) is 113 Å². The summed E-state index contributed by atoms with van der Waals surface area (Å²) in [5, 5.41) is 39.5. The lowest BCUT2D eigenvalue weighted by atomic mass is 9.87. The molecular weight excluding hydrogens is 1300 g/mol. The Balaban J connectivity index is 0.000000262. The first-order chi connectivity index (χ1) is 42.6. The van der Waals surface area contributed by atoms with E-state index in [4.69, 9.17) is 37.9 Å². The number of carbonyl (C=O) groups excluding carboxylic acids is 8. The fraction of sp³-hybridized carbons (Fsp3) is 0.431. The summed E-state index contributed by atoms with van der Waals surface area (Å²) >= 11 is 6.94. The maximum atomic E-state index is 13.8. The summed E-state index contributed by atoms with van der Waals surface area (Å²) in [5.41, 5.74) is 10.3. The number of halogens is 2. The maximum Gasteiger partial charge on any atom is 0.339 e. The molecular formula is C65H72Br2N2O21. The Morgan fingerprint density at radius 1 is 0.567 bits per heavy atom. The quantitative estimate of drug-likeness (QED) is 0.0636. The number of ether oxygens (including phenoxy) is 8. The summed E-state index contributed by atoms with van der Waals surface area (Å²) in [7, 11) is 1.09. The monoisotopic (exact) mass is 1370 g/mol. The lowest BCUT2D eigenvalue weighted by molar-refractivity contribution is -0.301. The van der Waals surface area contributed by atoms with Gasteiger partial charge in [0.05, 0.1) is 33.2 Å². The van der Waals surface area contributed by atoms with E-state index in [1.165, 1.54) is 9.80 Å². The number of ketones is 2. The van der Waals surface area contributed by atoms with Crippen molar-refractivity contribution in [3.05, 3.63) is 149 Å². The van der Waals surface area contributed by atoms with Crippen LogP contribution in [-0.4, -0.2) is 191 Å². The largest absolute Gasteiger partial charge is 0.479 e. The molecule has 0 unspecified atom stereocenters. The van der Waals surface area contributed by atoms with E-state index in [-0.39, 0.29) is 88.5 Å². The van der Waals surface area contributed by atoms with Crippen molar-refractivity contribution in [1.82, 2.24) is 9.80 Å². The Morgan fingerprint density at radius 2 is 0.989 bits per heavy atom. The standard InChI is InChI=1S/C36H40BrNO12.C29H32BrNO9/c1-19-13-20(2)27-17-29(42)26(15-25(27)14-19)18-38(30(43)16-24-9-7-8-10-28(24)37)11-12-46-36-34(49-23(5)41)32(48-22(4)40)31(47-21(3)39)33(50-36)35(44)45-6;1-15-9-16(2)20-13-22(32)19(11-18(20)10-15)14-31(23(33)12-17-5-3-4-6-21(17)30)7-8-39-29-26(36)24(34)25(35)27(40-29)28(37)38/h7-10,13-15,31-34,36H,11-12,16-18H2,1-6H3;3-6,9-11,24-27,29,34-36H,7-8,12-14H2,1-2H3,(H,37,38)/t31-,32-,33-,34+,36+;24-,25-,26+,27-,29+/m00/s1. The topological polar surface area (TPSA) is 315 Å². The molecule has 0 aromatic heterocycles. The zero-order valence-corrected chi connectivity index (χ0v) is 54.0. The van der Waals surface area contributed by atoms with Gasteiger partial charge in [-0.15, -0.1) is 0 Å². The third-order valence-electron chi connectivity index (χ3n) is 15.3. The molecule has 4 aliphatic rings. The summed E-state index contributed by atoms with van der Waals surface area (Å²) in [6.07, 6.45) is -12.3. The highest BCUT2D eigenvalue weighted by atomic mass is 79.9. The molecule has 25 heteroatoms. The summed E-state index contributed by atoms with van der Waals surface area (Å²) in [4.78, 5) is 117. The number of nitrogens with zero attached hydrogens (tertiary/aromatic N) is 2. The zero-order valence-electron chi connectivity index (χ0n) is 50.8. The van der Waals surface area contributed by atoms with Crippen LogP contribution in [0.15, 0.2) is 92.9 Å². The van der Waals surface area contributed by atoms with Crippen molar-refractivity contribution in [3.8, 4) is 0 Å². The molecule has 4 N–H and O–H groups in total. The van der Waals surface area contributed by atoms with Crippen molar-refractivity contribution in [2.75, 3.05) is 46.5 Å². The smallest absolute Gasteiger partial charge is 0.339 e. The Hall–Kier alpha value is -7.33. The number of aliphatic hydroxyl groups is 3. The first kappa shape index (κ1) is 70.1. The van der Waals surface area contributed by atoms with E-state index in [0.29, 0.717) is 11.1 Å². The molecule has 0 bridgehead atoms. The van der Waals surface area contributed by atoms with E-state index >= 15 is 0 Å². The fourth-order valence-electron chi connectivity index (χ4n) is 10.9. The van der Waals surface area contributed by atoms with Crippen LogP contribution in [0.5, 0.6) is 0 Å². The number of rotatable bonds is 21. The van der Waals surface area contributed by atoms with Gasteiger partial charge in [-0.25, -0.2) is 9.59 Å². The van der Waals surface area contributed by atoms with E-state index in [9.17, 15) is 63.6 Å². The third-order valence-corrected chi connectivity index (χ3v) is 16.9. The van der Waals surface area contributed by atoms with Gasteiger partial charge in [0, 0.05) is 79.9 Å². The molecule has 2 heterocycles. The lowest BCUT2D eigenvalue weighted by Gasteiger charge is -2.43. The Kier molecular flexibility index (Phi) is 24.6. The van der Waals surface area contributed by atoms with Crippen LogP contribution in [0.1, 0.15) is 76.4 Å². The summed E-state index contributed by atoms with van der Waals surface area (Å²) in [6.45, 7) is 10.6. The third kappa shape index (κ3) is 18.0. The second-order valence-electron chi connectivity index (χ2n) is 22.2. The van der Waals surface area contributed by atoms with Gasteiger partial charge in [-0.2, -0.15) is 0 Å². The van der Waals surface area contributed by atoms with Crippen LogP contribution >= 0.6 is 31.9 Å². The van der Waals surface area contributed by atoms with E-state index in [1.54, 1.807) is 0 Å². The number of amides is 2. The molecule has 4 aromatic carbocycles. The highest BCUT2D eigenvalue weighted by Crippen LogP contribution is 2.33. The van der Waals surface area contributed by atoms with Crippen LogP contribution < -0.4 is 0 Å². The molecule has 90 heavy (non-hydrogen) atoms. The highest BCUT2D eigenvalue weighted by Gasteiger charge is 2.55. The van der Waals surface area contributed by atoms with Crippen LogP contribution in [-0.2, 0) is 107 Å². The van der Waals surface area contributed by atoms with E-state index < -0.39 is 91.3 Å². The number of Topliss-reactive ketones (excluding diaryl/α,β-unsaturated/α-hetero) is 2. The Bertz CT molecular complexity index is 3460. The molecule has 0 radical (unpaired) electrons. The second kappa shape index (κ2) is 31.6. The van der Waals surface area contributed by atoms with Crippen molar-refractivity contribution in [2.45, 2.75) is 136 Å². The van der Waals surface area contributed by atoms with Gasteiger partial charge >= 0.3 is 29.8 Å². The molecule has 2 aliphatic carbocycles. The predicted molar refractivity (Wildman–Crippen MR) is 328 cm³/mol. The molecule has 23 nitrogen and oxygen atoms in total. The van der Waals surface area contributed by atoms with E-state index in [0.717, 1.165) is 92.5 Å². The van der Waals surface area contributed by atoms with Gasteiger partial charge in [-0.1, -0.05) is 104 Å². The number of fused-ring (bicyclic) bond motifs is 2. The lowest BCUT2D eigenvalue weighted by Crippen LogP contribution is -2.64. The zero-order chi connectivity index (χ0) is 65.8. The van der Waals surface area contributed by atoms with Crippen LogP contribution in [0, 0.1) is 27.7 Å². The molecule has 4 aromatic rings. The number of benzene rings is 4. The summed E-state index contributed by atoms with van der Waals surface area (Å²) in [6, 6.07) is 22.6. The molecule has 482 valence electrons. The first-order valence-electron chi connectivity index (χ1n) is 28.7. The van der Waals surface area contributed by atoms with Crippen molar-refractivity contribution >= 4 is 97.2 Å². The molecule has 10 atom stereocenters. The van der Waals surface area contributed by atoms with Crippen molar-refractivity contribution in [2.24, 2.45) is 0 Å². The van der Waals surface area contributed by atoms with Gasteiger partial charge in [0.25, 0.3) is 0 Å². The Labute approximate surface area is 536 Å². The number of carboxylic acid groups (broad SMARTS) is 1. The minimum Gasteiger partial charge on any atom is -0.479 e.